The molecule has 0 bridgehead atoms. The van der Waals surface area contributed by atoms with Gasteiger partial charge in [0.05, 0.1) is 59.5 Å². The average molecular weight is 469 g/mol. The summed E-state index contributed by atoms with van der Waals surface area (Å²) in [4.78, 5) is 0. The van der Waals surface area contributed by atoms with E-state index < -0.39 is 37.3 Å². The molecule has 1 unspecified atom stereocenters. The van der Waals surface area contributed by atoms with E-state index in [4.69, 9.17) is 33.2 Å². The van der Waals surface area contributed by atoms with Crippen LogP contribution >= 0.6 is 0 Å². The Morgan fingerprint density at radius 1 is 0.625 bits per heavy atom. The minimum absolute atomic E-state index is 0.183. The highest BCUT2D eigenvalue weighted by atomic mass is 16.7. The fraction of sp³-hybridized carbons (Fsp3) is 1.00. The van der Waals surface area contributed by atoms with Crippen LogP contribution in [0, 0.1) is 0 Å². The van der Waals surface area contributed by atoms with Crippen LogP contribution < -0.4 is 0 Å². The Hall–Kier alpha value is -0.400. The van der Waals surface area contributed by atoms with E-state index >= 15 is 0 Å². The zero-order valence-corrected chi connectivity index (χ0v) is 19.7. The predicted molar refractivity (Wildman–Crippen MR) is 117 cm³/mol. The maximum Gasteiger partial charge on any atom is 0.187 e. The number of aliphatic hydroxyl groups is 3. The maximum absolute atomic E-state index is 10.4. The molecule has 0 amide bonds. The van der Waals surface area contributed by atoms with Crippen molar-refractivity contribution in [2.24, 2.45) is 0 Å². The lowest BCUT2D eigenvalue weighted by molar-refractivity contribution is -0.312. The van der Waals surface area contributed by atoms with Crippen molar-refractivity contribution in [2.45, 2.75) is 70.2 Å². The van der Waals surface area contributed by atoms with Gasteiger partial charge in [-0.05, 0) is 12.8 Å². The molecule has 10 heteroatoms. The summed E-state index contributed by atoms with van der Waals surface area (Å²) in [6.45, 7) is 8.15. The van der Waals surface area contributed by atoms with E-state index in [1.807, 2.05) is 0 Å². The van der Waals surface area contributed by atoms with Crippen LogP contribution in [0.15, 0.2) is 0 Å². The Balaban J connectivity index is 2.28. The van der Waals surface area contributed by atoms with Gasteiger partial charge in [-0.15, -0.1) is 0 Å². The molecule has 32 heavy (non-hydrogen) atoms. The number of rotatable bonds is 21. The summed E-state index contributed by atoms with van der Waals surface area (Å²) < 4.78 is 38.7. The molecule has 0 spiro atoms. The Morgan fingerprint density at radius 2 is 1.09 bits per heavy atom. The molecular weight excluding hydrogens is 424 g/mol. The summed E-state index contributed by atoms with van der Waals surface area (Å²) in [6, 6.07) is 0. The van der Waals surface area contributed by atoms with Crippen LogP contribution in [0.4, 0.5) is 0 Å². The number of hydrogen-bond acceptors (Lipinski definition) is 10. The summed E-state index contributed by atoms with van der Waals surface area (Å²) in [5.41, 5.74) is 0. The molecule has 1 fully saturated rings. The lowest BCUT2D eigenvalue weighted by Crippen LogP contribution is -2.60. The Kier molecular flexibility index (Phi) is 18.5. The number of ether oxygens (including phenoxy) is 7. The van der Waals surface area contributed by atoms with Gasteiger partial charge < -0.3 is 48.5 Å². The third-order valence-electron chi connectivity index (χ3n) is 4.90. The number of aliphatic hydroxyl groups excluding tert-OH is 3. The van der Waals surface area contributed by atoms with Crippen molar-refractivity contribution in [3.63, 3.8) is 0 Å². The number of hydrogen-bond donors (Lipinski definition) is 3. The fourth-order valence-electron chi connectivity index (χ4n) is 2.97. The van der Waals surface area contributed by atoms with Crippen LogP contribution in [0.25, 0.3) is 0 Å². The van der Waals surface area contributed by atoms with E-state index in [0.29, 0.717) is 39.6 Å². The molecule has 1 aliphatic rings. The highest BCUT2D eigenvalue weighted by molar-refractivity contribution is 4.90. The van der Waals surface area contributed by atoms with E-state index in [0.717, 1.165) is 38.9 Å². The average Bonchev–Trinajstić information content (AvgIpc) is 2.80. The first kappa shape index (κ1) is 29.6. The van der Waals surface area contributed by atoms with Gasteiger partial charge in [0.15, 0.2) is 6.29 Å². The van der Waals surface area contributed by atoms with Crippen LogP contribution in [0.1, 0.15) is 39.5 Å². The van der Waals surface area contributed by atoms with Gasteiger partial charge in [0.2, 0.25) is 0 Å². The molecule has 0 aromatic rings. The van der Waals surface area contributed by atoms with Gasteiger partial charge in [0.1, 0.15) is 24.4 Å². The third kappa shape index (κ3) is 12.7. The topological polar surface area (TPSA) is 125 Å². The zero-order valence-electron chi connectivity index (χ0n) is 19.7. The van der Waals surface area contributed by atoms with E-state index in [2.05, 4.69) is 13.8 Å². The van der Waals surface area contributed by atoms with E-state index in [1.165, 1.54) is 0 Å². The second kappa shape index (κ2) is 20.0. The van der Waals surface area contributed by atoms with Gasteiger partial charge in [-0.25, -0.2) is 0 Å². The van der Waals surface area contributed by atoms with Gasteiger partial charge in [-0.3, -0.25) is 0 Å². The minimum Gasteiger partial charge on any atom is -0.394 e. The molecule has 192 valence electrons. The van der Waals surface area contributed by atoms with Gasteiger partial charge in [0, 0.05) is 13.2 Å². The molecular formula is C22H44O10. The SMILES string of the molecule is CCCCOCCOCCOC1O[C@H](CO)[C@@H](O)[C@H](O)[C@H]1OCCOCCOCCCC. The molecule has 0 aromatic heterocycles. The van der Waals surface area contributed by atoms with E-state index in [9.17, 15) is 15.3 Å². The molecule has 10 nitrogen and oxygen atoms in total. The first-order valence-electron chi connectivity index (χ1n) is 11.8. The normalized spacial score (nSPS) is 26.0. The van der Waals surface area contributed by atoms with Crippen molar-refractivity contribution in [2.75, 3.05) is 72.7 Å². The highest BCUT2D eigenvalue weighted by Crippen LogP contribution is 2.24. The molecule has 3 N–H and O–H groups in total. The van der Waals surface area contributed by atoms with Gasteiger partial charge >= 0.3 is 0 Å². The second-order valence-electron chi connectivity index (χ2n) is 7.57. The van der Waals surface area contributed by atoms with Crippen LogP contribution in [0.2, 0.25) is 0 Å². The molecule has 1 saturated heterocycles. The van der Waals surface area contributed by atoms with Crippen molar-refractivity contribution in [3.8, 4) is 0 Å². The molecule has 1 heterocycles. The molecule has 0 aliphatic carbocycles. The Morgan fingerprint density at radius 3 is 1.59 bits per heavy atom. The summed E-state index contributed by atoms with van der Waals surface area (Å²) >= 11 is 0. The van der Waals surface area contributed by atoms with Crippen LogP contribution in [-0.2, 0) is 33.2 Å². The Bertz CT molecular complexity index is 414. The van der Waals surface area contributed by atoms with Crippen LogP contribution in [-0.4, -0.2) is 119 Å². The van der Waals surface area contributed by atoms with Crippen molar-refractivity contribution >= 4 is 0 Å². The summed E-state index contributed by atoms with van der Waals surface area (Å²) in [7, 11) is 0. The Labute approximate surface area is 192 Å². The first-order chi connectivity index (χ1) is 15.7. The lowest BCUT2D eigenvalue weighted by Gasteiger charge is -2.41. The van der Waals surface area contributed by atoms with Crippen molar-refractivity contribution < 1.29 is 48.5 Å². The lowest BCUT2D eigenvalue weighted by atomic mass is 9.99. The summed E-state index contributed by atoms with van der Waals surface area (Å²) in [6.07, 6.45) is -1.15. The van der Waals surface area contributed by atoms with Crippen LogP contribution in [0.3, 0.4) is 0 Å². The molecule has 0 saturated carbocycles. The molecule has 5 atom stereocenters. The second-order valence-corrected chi connectivity index (χ2v) is 7.57. The van der Waals surface area contributed by atoms with Crippen LogP contribution in [0.5, 0.6) is 0 Å². The maximum atomic E-state index is 10.4. The largest absolute Gasteiger partial charge is 0.394 e. The smallest absolute Gasteiger partial charge is 0.187 e. The van der Waals surface area contributed by atoms with E-state index in [-0.39, 0.29) is 13.2 Å². The number of unbranched alkanes of at least 4 members (excludes halogenated alkanes) is 2. The van der Waals surface area contributed by atoms with Gasteiger partial charge in [0.25, 0.3) is 0 Å². The first-order valence-corrected chi connectivity index (χ1v) is 11.8. The standard InChI is InChI=1S/C22H44O10/c1-3-5-7-26-9-11-28-13-15-30-21-20(25)19(24)18(17-23)32-22(21)31-16-14-29-12-10-27-8-6-4-2/h18-25H,3-17H2,1-2H3/t18-,19-,20+,21-,22?/m1/s1. The third-order valence-corrected chi connectivity index (χ3v) is 4.90. The highest BCUT2D eigenvalue weighted by Gasteiger charge is 2.45. The molecule has 1 rings (SSSR count). The molecule has 1 aliphatic heterocycles. The monoisotopic (exact) mass is 468 g/mol. The zero-order chi connectivity index (χ0) is 23.4. The summed E-state index contributed by atoms with van der Waals surface area (Å²) in [5, 5.41) is 30.0. The molecule has 0 aromatic carbocycles. The predicted octanol–water partition coefficient (Wildman–Crippen LogP) is 0.494. The fourth-order valence-corrected chi connectivity index (χ4v) is 2.97. The minimum atomic E-state index is -1.28. The quantitative estimate of drug-likeness (QED) is 0.205. The van der Waals surface area contributed by atoms with Gasteiger partial charge in [-0.1, -0.05) is 26.7 Å². The summed E-state index contributed by atoms with van der Waals surface area (Å²) in [5.74, 6) is 0. The van der Waals surface area contributed by atoms with Crippen molar-refractivity contribution in [1.82, 2.24) is 0 Å². The van der Waals surface area contributed by atoms with Crippen molar-refractivity contribution in [1.29, 1.82) is 0 Å². The van der Waals surface area contributed by atoms with E-state index in [1.54, 1.807) is 0 Å². The molecule has 0 radical (unpaired) electrons. The van der Waals surface area contributed by atoms with Crippen molar-refractivity contribution in [3.05, 3.63) is 0 Å². The van der Waals surface area contributed by atoms with Gasteiger partial charge in [-0.2, -0.15) is 0 Å².